The summed E-state index contributed by atoms with van der Waals surface area (Å²) in [7, 11) is 3.45. The van der Waals surface area contributed by atoms with Gasteiger partial charge < -0.3 is 9.47 Å². The molecule has 8 rings (SSSR count). The Balaban J connectivity index is 1.55. The zero-order valence-electron chi connectivity index (χ0n) is 21.2. The molecular formula is C36H24O2. The molecule has 0 atom stereocenters. The summed E-state index contributed by atoms with van der Waals surface area (Å²) in [5, 5.41) is 5.03. The van der Waals surface area contributed by atoms with E-state index in [1.807, 2.05) is 0 Å². The van der Waals surface area contributed by atoms with Crippen LogP contribution in [0.4, 0.5) is 0 Å². The Morgan fingerprint density at radius 3 is 1.08 bits per heavy atom. The smallest absolute Gasteiger partial charge is 0.119 e. The molecule has 0 N–H and O–H groups in total. The van der Waals surface area contributed by atoms with Crippen molar-refractivity contribution < 1.29 is 9.47 Å². The van der Waals surface area contributed by atoms with E-state index in [1.54, 1.807) is 14.2 Å². The Labute approximate surface area is 221 Å². The standard InChI is InChI=1S/C36H24O2/c1-37-25-11-13-27-31(19-25)32-20-26(38-2)12-14-28(32)35(27)36-33-17-23-9-5-3-7-21(23)15-29(33)30-16-22-8-4-6-10-24(22)18-34(30)36/h3-20H,1-2H3. The molecule has 0 saturated carbocycles. The fraction of sp³-hybridized carbons (Fsp3) is 0.0556. The number of hydrogen-bond acceptors (Lipinski definition) is 2. The van der Waals surface area contributed by atoms with Crippen LogP contribution in [0.15, 0.2) is 109 Å². The average molecular weight is 489 g/mol. The minimum Gasteiger partial charge on any atom is -0.497 e. The van der Waals surface area contributed by atoms with Crippen molar-refractivity contribution in [1.82, 2.24) is 0 Å². The predicted molar refractivity (Wildman–Crippen MR) is 157 cm³/mol. The number of methoxy groups -OCH3 is 2. The Kier molecular flexibility index (Phi) is 4.39. The number of benzene rings is 6. The molecule has 2 heteroatoms. The summed E-state index contributed by atoms with van der Waals surface area (Å²) in [6, 6.07) is 39.7. The van der Waals surface area contributed by atoms with Gasteiger partial charge in [0.2, 0.25) is 0 Å². The molecule has 0 fully saturated rings. The van der Waals surface area contributed by atoms with Crippen LogP contribution in [0.5, 0.6) is 11.5 Å². The van der Waals surface area contributed by atoms with E-state index in [1.165, 1.54) is 77.2 Å². The molecule has 0 spiro atoms. The first-order valence-electron chi connectivity index (χ1n) is 12.9. The Morgan fingerprint density at radius 1 is 0.342 bits per heavy atom. The first kappa shape index (κ1) is 21.3. The molecule has 6 aromatic rings. The molecule has 6 aromatic carbocycles. The number of fused-ring (bicyclic) bond motifs is 8. The van der Waals surface area contributed by atoms with Crippen LogP contribution in [0, 0.1) is 0 Å². The lowest BCUT2D eigenvalue weighted by atomic mass is 9.90. The van der Waals surface area contributed by atoms with Crippen molar-refractivity contribution in [3.05, 3.63) is 131 Å². The summed E-state index contributed by atoms with van der Waals surface area (Å²) in [6.45, 7) is 0. The average Bonchev–Trinajstić information content (AvgIpc) is 3.44. The summed E-state index contributed by atoms with van der Waals surface area (Å²) in [4.78, 5) is 0. The first-order valence-corrected chi connectivity index (χ1v) is 12.9. The van der Waals surface area contributed by atoms with E-state index in [2.05, 4.69) is 109 Å². The highest BCUT2D eigenvalue weighted by Crippen LogP contribution is 2.56. The maximum Gasteiger partial charge on any atom is 0.119 e. The van der Waals surface area contributed by atoms with Gasteiger partial charge in [0.05, 0.1) is 14.2 Å². The normalized spacial score (nSPS) is 12.9. The van der Waals surface area contributed by atoms with Gasteiger partial charge in [-0.3, -0.25) is 0 Å². The van der Waals surface area contributed by atoms with Gasteiger partial charge in [-0.05, 0) is 126 Å². The summed E-state index contributed by atoms with van der Waals surface area (Å²) in [5.41, 5.74) is 12.5. The highest BCUT2D eigenvalue weighted by molar-refractivity contribution is 6.21. The molecular weight excluding hydrogens is 464 g/mol. The van der Waals surface area contributed by atoms with Crippen molar-refractivity contribution in [2.75, 3.05) is 14.2 Å². The van der Waals surface area contributed by atoms with Crippen molar-refractivity contribution in [3.8, 4) is 33.8 Å². The summed E-state index contributed by atoms with van der Waals surface area (Å²) >= 11 is 0. The third kappa shape index (κ3) is 2.89. The summed E-state index contributed by atoms with van der Waals surface area (Å²) in [5.74, 6) is 1.71. The molecule has 2 aliphatic rings. The Hall–Kier alpha value is -4.82. The highest BCUT2D eigenvalue weighted by Gasteiger charge is 2.33. The van der Waals surface area contributed by atoms with E-state index in [9.17, 15) is 0 Å². The molecule has 0 unspecified atom stereocenters. The zero-order valence-corrected chi connectivity index (χ0v) is 21.2. The van der Waals surface area contributed by atoms with Crippen LogP contribution in [0.25, 0.3) is 54.9 Å². The van der Waals surface area contributed by atoms with Crippen molar-refractivity contribution >= 4 is 32.7 Å². The Morgan fingerprint density at radius 2 is 0.684 bits per heavy atom. The van der Waals surface area contributed by atoms with Crippen molar-refractivity contribution in [2.45, 2.75) is 0 Å². The number of rotatable bonds is 2. The van der Waals surface area contributed by atoms with E-state index >= 15 is 0 Å². The molecule has 0 amide bonds. The fourth-order valence-electron chi connectivity index (χ4n) is 6.35. The van der Waals surface area contributed by atoms with Gasteiger partial charge in [-0.25, -0.2) is 0 Å². The van der Waals surface area contributed by atoms with Crippen LogP contribution < -0.4 is 9.47 Å². The second kappa shape index (κ2) is 7.84. The fourth-order valence-corrected chi connectivity index (χ4v) is 6.35. The second-order valence-electron chi connectivity index (χ2n) is 10.1. The van der Waals surface area contributed by atoms with E-state index < -0.39 is 0 Å². The van der Waals surface area contributed by atoms with Crippen LogP contribution in [0.2, 0.25) is 0 Å². The van der Waals surface area contributed by atoms with Crippen LogP contribution >= 0.6 is 0 Å². The molecule has 0 saturated heterocycles. The van der Waals surface area contributed by atoms with Crippen LogP contribution in [0.3, 0.4) is 0 Å². The maximum atomic E-state index is 5.63. The largest absolute Gasteiger partial charge is 0.497 e. The van der Waals surface area contributed by atoms with Crippen LogP contribution in [-0.2, 0) is 0 Å². The predicted octanol–water partition coefficient (Wildman–Crippen LogP) is 8.98. The highest BCUT2D eigenvalue weighted by atomic mass is 16.5. The minimum atomic E-state index is 0.855. The van der Waals surface area contributed by atoms with Gasteiger partial charge in [-0.2, -0.15) is 0 Å². The molecule has 0 heterocycles. The van der Waals surface area contributed by atoms with Crippen molar-refractivity contribution in [2.24, 2.45) is 0 Å². The number of ether oxygens (including phenoxy) is 2. The van der Waals surface area contributed by atoms with E-state index in [4.69, 9.17) is 9.47 Å². The van der Waals surface area contributed by atoms with Gasteiger partial charge in [0.25, 0.3) is 0 Å². The van der Waals surface area contributed by atoms with Gasteiger partial charge in [0.15, 0.2) is 0 Å². The molecule has 38 heavy (non-hydrogen) atoms. The topological polar surface area (TPSA) is 18.5 Å². The second-order valence-corrected chi connectivity index (χ2v) is 10.1. The first-order chi connectivity index (χ1) is 18.7. The third-order valence-corrected chi connectivity index (χ3v) is 8.13. The van der Waals surface area contributed by atoms with Gasteiger partial charge in [-0.1, -0.05) is 60.7 Å². The summed E-state index contributed by atoms with van der Waals surface area (Å²) < 4.78 is 11.3. The van der Waals surface area contributed by atoms with E-state index in [-0.39, 0.29) is 0 Å². The SMILES string of the molecule is COc1ccc2c(c1)-c1cc(OC)ccc1C2=C1c2cc3ccccc3cc2-c2cc3ccccc3cc21. The van der Waals surface area contributed by atoms with Crippen LogP contribution in [0.1, 0.15) is 22.3 Å². The van der Waals surface area contributed by atoms with Gasteiger partial charge >= 0.3 is 0 Å². The molecule has 0 radical (unpaired) electrons. The van der Waals surface area contributed by atoms with E-state index in [0.29, 0.717) is 0 Å². The van der Waals surface area contributed by atoms with Crippen molar-refractivity contribution in [3.63, 3.8) is 0 Å². The molecule has 180 valence electrons. The molecule has 0 aliphatic heterocycles. The zero-order chi connectivity index (χ0) is 25.4. The molecule has 2 aliphatic carbocycles. The quantitative estimate of drug-likeness (QED) is 0.242. The lowest BCUT2D eigenvalue weighted by Crippen LogP contribution is -1.92. The van der Waals surface area contributed by atoms with Crippen LogP contribution in [-0.4, -0.2) is 14.2 Å². The molecule has 0 bridgehead atoms. The Bertz CT molecular complexity index is 1850. The minimum absolute atomic E-state index is 0.855. The van der Waals surface area contributed by atoms with Gasteiger partial charge in [0.1, 0.15) is 11.5 Å². The lowest BCUT2D eigenvalue weighted by molar-refractivity contribution is 0.414. The summed E-state index contributed by atoms with van der Waals surface area (Å²) in [6.07, 6.45) is 0. The maximum absolute atomic E-state index is 5.63. The van der Waals surface area contributed by atoms with E-state index in [0.717, 1.165) is 11.5 Å². The van der Waals surface area contributed by atoms with Gasteiger partial charge in [-0.15, -0.1) is 0 Å². The lowest BCUT2D eigenvalue weighted by Gasteiger charge is -2.13. The third-order valence-electron chi connectivity index (χ3n) is 8.13. The monoisotopic (exact) mass is 488 g/mol. The molecule has 2 nitrogen and oxygen atoms in total. The molecule has 0 aromatic heterocycles. The van der Waals surface area contributed by atoms with Crippen molar-refractivity contribution in [1.29, 1.82) is 0 Å². The number of hydrogen-bond donors (Lipinski definition) is 0. The van der Waals surface area contributed by atoms with Gasteiger partial charge in [0, 0.05) is 0 Å².